The fourth-order valence-electron chi connectivity index (χ4n) is 1.90. The molecule has 23 heavy (non-hydrogen) atoms. The number of anilines is 1. The lowest BCUT2D eigenvalue weighted by molar-refractivity contribution is -0.274. The van der Waals surface area contributed by atoms with E-state index in [0.717, 1.165) is 12.1 Å². The van der Waals surface area contributed by atoms with Crippen molar-refractivity contribution in [2.45, 2.75) is 6.36 Å². The molecule has 0 saturated carbocycles. The maximum absolute atomic E-state index is 12.1. The van der Waals surface area contributed by atoms with Gasteiger partial charge in [0, 0.05) is 5.69 Å². The van der Waals surface area contributed by atoms with Crippen molar-refractivity contribution >= 4 is 23.3 Å². The van der Waals surface area contributed by atoms with E-state index in [9.17, 15) is 23.1 Å². The number of aliphatic carboxylic acids is 1. The summed E-state index contributed by atoms with van der Waals surface area (Å²) in [6, 6.07) is 11.2. The zero-order chi connectivity index (χ0) is 17.0. The van der Waals surface area contributed by atoms with Gasteiger partial charge in [0.25, 0.3) is 0 Å². The summed E-state index contributed by atoms with van der Waals surface area (Å²) >= 11 is 0. The van der Waals surface area contributed by atoms with Gasteiger partial charge in [0.15, 0.2) is 0 Å². The van der Waals surface area contributed by atoms with Crippen LogP contribution < -0.4 is 10.5 Å². The van der Waals surface area contributed by atoms with Crippen LogP contribution in [0.3, 0.4) is 0 Å². The summed E-state index contributed by atoms with van der Waals surface area (Å²) in [6.45, 7) is 0. The Kier molecular flexibility index (Phi) is 4.59. The molecule has 4 nitrogen and oxygen atoms in total. The molecule has 0 amide bonds. The minimum absolute atomic E-state index is 0.0959. The van der Waals surface area contributed by atoms with Crippen molar-refractivity contribution < 1.29 is 27.8 Å². The number of hydrogen-bond acceptors (Lipinski definition) is 3. The van der Waals surface area contributed by atoms with Gasteiger partial charge in [-0.25, -0.2) is 4.79 Å². The highest BCUT2D eigenvalue weighted by Crippen LogP contribution is 2.26. The fraction of sp³-hybridized carbons (Fsp3) is 0.0625. The van der Waals surface area contributed by atoms with Gasteiger partial charge in [0.2, 0.25) is 0 Å². The van der Waals surface area contributed by atoms with E-state index in [1.165, 1.54) is 18.2 Å². The van der Waals surface area contributed by atoms with Crippen molar-refractivity contribution in [1.82, 2.24) is 0 Å². The Balaban J connectivity index is 2.36. The number of hydrogen-bond donors (Lipinski definition) is 2. The zero-order valence-corrected chi connectivity index (χ0v) is 11.7. The molecule has 3 N–H and O–H groups in total. The monoisotopic (exact) mass is 323 g/mol. The van der Waals surface area contributed by atoms with Gasteiger partial charge in [-0.1, -0.05) is 30.3 Å². The van der Waals surface area contributed by atoms with Crippen molar-refractivity contribution in [3.63, 3.8) is 0 Å². The molecule has 0 radical (unpaired) electrons. The second-order valence-electron chi connectivity index (χ2n) is 4.56. The van der Waals surface area contributed by atoms with Crippen LogP contribution in [0.2, 0.25) is 0 Å². The van der Waals surface area contributed by atoms with Gasteiger partial charge in [-0.15, -0.1) is 13.2 Å². The van der Waals surface area contributed by atoms with Crippen LogP contribution >= 0.6 is 0 Å². The van der Waals surface area contributed by atoms with Gasteiger partial charge < -0.3 is 15.6 Å². The highest BCUT2D eigenvalue weighted by Gasteiger charge is 2.31. The number of halogens is 3. The lowest BCUT2D eigenvalue weighted by Gasteiger charge is -2.10. The number of benzene rings is 2. The Hall–Kier alpha value is -2.96. The normalized spacial score (nSPS) is 12.0. The summed E-state index contributed by atoms with van der Waals surface area (Å²) in [5.74, 6) is -1.65. The van der Waals surface area contributed by atoms with Gasteiger partial charge in [0.05, 0.1) is 5.57 Å². The number of carbonyl (C=O) groups is 1. The predicted octanol–water partition coefficient (Wildman–Crippen LogP) is 3.79. The molecule has 0 aliphatic rings. The van der Waals surface area contributed by atoms with E-state index in [0.29, 0.717) is 11.3 Å². The Bertz CT molecular complexity index is 737. The van der Waals surface area contributed by atoms with Crippen molar-refractivity contribution in [2.24, 2.45) is 0 Å². The van der Waals surface area contributed by atoms with Crippen LogP contribution in [0.25, 0.3) is 11.6 Å². The third-order valence-corrected chi connectivity index (χ3v) is 2.93. The molecular formula is C16H12F3NO3. The number of alkyl halides is 3. The molecule has 0 aliphatic carbocycles. The first-order chi connectivity index (χ1) is 10.8. The third-order valence-electron chi connectivity index (χ3n) is 2.93. The van der Waals surface area contributed by atoms with E-state index in [2.05, 4.69) is 4.74 Å². The van der Waals surface area contributed by atoms with Crippen molar-refractivity contribution in [2.75, 3.05) is 5.73 Å². The molecule has 2 aromatic carbocycles. The fourth-order valence-corrected chi connectivity index (χ4v) is 1.90. The first-order valence-corrected chi connectivity index (χ1v) is 6.42. The van der Waals surface area contributed by atoms with Crippen LogP contribution in [-0.2, 0) is 4.79 Å². The molecule has 0 atom stereocenters. The topological polar surface area (TPSA) is 72.6 Å². The molecule has 0 unspecified atom stereocenters. The number of nitrogen functional groups attached to an aromatic ring is 1. The Morgan fingerprint density at radius 3 is 2.22 bits per heavy atom. The van der Waals surface area contributed by atoms with Crippen LogP contribution in [-0.4, -0.2) is 17.4 Å². The lowest BCUT2D eigenvalue weighted by atomic mass is 10.0. The smallest absolute Gasteiger partial charge is 0.478 e. The SMILES string of the molecule is Nc1ccccc1/C=C(/C(=O)O)c1ccc(OC(F)(F)F)cc1. The van der Waals surface area contributed by atoms with Crippen LogP contribution in [0.1, 0.15) is 11.1 Å². The van der Waals surface area contributed by atoms with Crippen molar-refractivity contribution in [3.8, 4) is 5.75 Å². The summed E-state index contributed by atoms with van der Waals surface area (Å²) in [6.07, 6.45) is -3.44. The first-order valence-electron chi connectivity index (χ1n) is 6.42. The lowest BCUT2D eigenvalue weighted by Crippen LogP contribution is -2.17. The Morgan fingerprint density at radius 1 is 1.09 bits per heavy atom. The maximum Gasteiger partial charge on any atom is 0.573 e. The molecule has 0 aliphatic heterocycles. The maximum atomic E-state index is 12.1. The number of carboxylic acid groups (broad SMARTS) is 1. The van der Waals surface area contributed by atoms with E-state index in [1.54, 1.807) is 24.3 Å². The Labute approximate surface area is 129 Å². The number of carboxylic acids is 1. The minimum Gasteiger partial charge on any atom is -0.478 e. The molecule has 0 aromatic heterocycles. The summed E-state index contributed by atoms with van der Waals surface area (Å²) < 4.78 is 40.1. The molecule has 2 aromatic rings. The average molecular weight is 323 g/mol. The van der Waals surface area contributed by atoms with Gasteiger partial charge >= 0.3 is 12.3 Å². The molecule has 0 spiro atoms. The van der Waals surface area contributed by atoms with E-state index >= 15 is 0 Å². The highest BCUT2D eigenvalue weighted by atomic mass is 19.4. The molecular weight excluding hydrogens is 311 g/mol. The van der Waals surface area contributed by atoms with E-state index in [-0.39, 0.29) is 11.1 Å². The van der Waals surface area contributed by atoms with Crippen LogP contribution in [0.15, 0.2) is 48.5 Å². The van der Waals surface area contributed by atoms with Gasteiger partial charge in [0.1, 0.15) is 5.75 Å². The van der Waals surface area contributed by atoms with Crippen LogP contribution in [0, 0.1) is 0 Å². The largest absolute Gasteiger partial charge is 0.573 e. The molecule has 120 valence electrons. The second-order valence-corrected chi connectivity index (χ2v) is 4.56. The second kappa shape index (κ2) is 6.43. The summed E-state index contributed by atoms with van der Waals surface area (Å²) in [5.41, 5.74) is 6.79. The van der Waals surface area contributed by atoms with Crippen LogP contribution in [0.4, 0.5) is 18.9 Å². The van der Waals surface area contributed by atoms with Gasteiger partial charge in [-0.2, -0.15) is 0 Å². The van der Waals surface area contributed by atoms with E-state index in [4.69, 9.17) is 5.73 Å². The minimum atomic E-state index is -4.80. The summed E-state index contributed by atoms with van der Waals surface area (Å²) in [7, 11) is 0. The molecule has 0 fully saturated rings. The number of para-hydroxylation sites is 1. The Morgan fingerprint density at radius 2 is 1.70 bits per heavy atom. The molecule has 7 heteroatoms. The number of ether oxygens (including phenoxy) is 1. The average Bonchev–Trinajstić information content (AvgIpc) is 2.45. The zero-order valence-electron chi connectivity index (χ0n) is 11.7. The quantitative estimate of drug-likeness (QED) is 0.510. The standard InChI is InChI=1S/C16H12F3NO3/c17-16(18,19)23-12-7-5-10(6-8-12)13(15(21)22)9-11-3-1-2-4-14(11)20/h1-9H,20H2,(H,21,22)/b13-9+. The third kappa shape index (κ3) is 4.50. The first kappa shape index (κ1) is 16.4. The van der Waals surface area contributed by atoms with Crippen molar-refractivity contribution in [3.05, 3.63) is 59.7 Å². The molecule has 2 rings (SSSR count). The van der Waals surface area contributed by atoms with Gasteiger partial charge in [-0.3, -0.25) is 0 Å². The number of rotatable bonds is 4. The molecule has 0 bridgehead atoms. The van der Waals surface area contributed by atoms with E-state index < -0.39 is 18.1 Å². The number of nitrogens with two attached hydrogens (primary N) is 1. The van der Waals surface area contributed by atoms with Gasteiger partial charge in [-0.05, 0) is 35.4 Å². The van der Waals surface area contributed by atoms with Crippen molar-refractivity contribution in [1.29, 1.82) is 0 Å². The molecule has 0 saturated heterocycles. The molecule has 0 heterocycles. The highest BCUT2D eigenvalue weighted by molar-refractivity contribution is 6.21. The summed E-state index contributed by atoms with van der Waals surface area (Å²) in [5, 5.41) is 9.31. The van der Waals surface area contributed by atoms with Crippen LogP contribution in [0.5, 0.6) is 5.75 Å². The van der Waals surface area contributed by atoms with E-state index in [1.807, 2.05) is 0 Å². The summed E-state index contributed by atoms with van der Waals surface area (Å²) in [4.78, 5) is 11.4. The predicted molar refractivity (Wildman–Crippen MR) is 79.5 cm³/mol.